The maximum atomic E-state index is 11.6. The van der Waals surface area contributed by atoms with Gasteiger partial charge in [-0.25, -0.2) is 4.79 Å². The number of esters is 1. The number of carbonyl (C=O) groups excluding carboxylic acids is 2. The average Bonchev–Trinajstić information content (AvgIpc) is 2.65. The van der Waals surface area contributed by atoms with Crippen molar-refractivity contribution in [2.45, 2.75) is 0 Å². The van der Waals surface area contributed by atoms with Crippen LogP contribution in [0.2, 0.25) is 0 Å². The quantitative estimate of drug-likeness (QED) is 0.430. The minimum Gasteiger partial charge on any atom is -0.491 e. The summed E-state index contributed by atoms with van der Waals surface area (Å²) in [5, 5.41) is 4.56. The number of fused-ring (bicyclic) bond motifs is 1. The number of nitrogens with one attached hydrogen (secondary N) is 1. The zero-order chi connectivity index (χ0) is 18.1. The zero-order valence-electron chi connectivity index (χ0n) is 14.1. The summed E-state index contributed by atoms with van der Waals surface area (Å²) in [4.78, 5) is 22.5. The Bertz CT molecular complexity index is 757. The van der Waals surface area contributed by atoms with Crippen molar-refractivity contribution >= 4 is 22.6 Å². The van der Waals surface area contributed by atoms with Crippen molar-refractivity contribution < 1.29 is 23.8 Å². The summed E-state index contributed by atoms with van der Waals surface area (Å²) in [6, 6.07) is 11.2. The number of benzene rings is 2. The van der Waals surface area contributed by atoms with E-state index in [9.17, 15) is 9.59 Å². The van der Waals surface area contributed by atoms with Crippen LogP contribution in [0.4, 0.5) is 0 Å². The van der Waals surface area contributed by atoms with Crippen LogP contribution in [0.5, 0.6) is 5.75 Å². The first-order valence-corrected chi connectivity index (χ1v) is 7.89. The molecule has 0 bridgehead atoms. The summed E-state index contributed by atoms with van der Waals surface area (Å²) in [7, 11) is 1.61. The van der Waals surface area contributed by atoms with Gasteiger partial charge in [-0.2, -0.15) is 0 Å². The predicted octanol–water partition coefficient (Wildman–Crippen LogP) is 2.32. The first kappa shape index (κ1) is 18.5. The number of ether oxygens (including phenoxy) is 3. The highest BCUT2D eigenvalue weighted by atomic mass is 16.6. The van der Waals surface area contributed by atoms with Crippen LogP contribution in [-0.2, 0) is 14.3 Å². The van der Waals surface area contributed by atoms with Gasteiger partial charge in [0.2, 0.25) is 0 Å². The second-order valence-electron chi connectivity index (χ2n) is 5.14. The van der Waals surface area contributed by atoms with E-state index in [0.717, 1.165) is 22.6 Å². The molecule has 0 aromatic heterocycles. The fourth-order valence-corrected chi connectivity index (χ4v) is 2.18. The minimum atomic E-state index is -0.462. The lowest BCUT2D eigenvalue weighted by molar-refractivity contribution is -0.139. The maximum absolute atomic E-state index is 11.6. The van der Waals surface area contributed by atoms with E-state index < -0.39 is 5.97 Å². The number of hydrogen-bond donors (Lipinski definition) is 1. The smallest absolute Gasteiger partial charge is 0.330 e. The standard InChI is InChI=1S/C19H21NO5/c1-3-18(21)25-11-9-23-8-10-24-17-7-6-14-12-16(19(22)20-2)5-4-15(14)13-17/h3-7,12-13H,1,8-11H2,2H3,(H,20,22). The van der Waals surface area contributed by atoms with Gasteiger partial charge in [-0.15, -0.1) is 0 Å². The van der Waals surface area contributed by atoms with E-state index in [1.165, 1.54) is 0 Å². The molecule has 0 aliphatic carbocycles. The Morgan fingerprint density at radius 1 is 1.04 bits per heavy atom. The van der Waals surface area contributed by atoms with Crippen LogP contribution in [0.1, 0.15) is 10.4 Å². The zero-order valence-corrected chi connectivity index (χ0v) is 14.1. The summed E-state index contributed by atoms with van der Waals surface area (Å²) >= 11 is 0. The lowest BCUT2D eigenvalue weighted by Gasteiger charge is -2.09. The normalized spacial score (nSPS) is 10.3. The number of hydrogen-bond acceptors (Lipinski definition) is 5. The maximum Gasteiger partial charge on any atom is 0.330 e. The van der Waals surface area contributed by atoms with E-state index in [0.29, 0.717) is 25.4 Å². The molecule has 0 saturated heterocycles. The van der Waals surface area contributed by atoms with Crippen molar-refractivity contribution in [1.29, 1.82) is 0 Å². The Balaban J connectivity index is 1.79. The molecule has 0 spiro atoms. The van der Waals surface area contributed by atoms with E-state index in [1.54, 1.807) is 13.1 Å². The van der Waals surface area contributed by atoms with Crippen molar-refractivity contribution in [3.63, 3.8) is 0 Å². The molecule has 2 aromatic carbocycles. The molecule has 1 N–H and O–H groups in total. The molecule has 2 rings (SSSR count). The summed E-state index contributed by atoms with van der Waals surface area (Å²) < 4.78 is 15.7. The first-order valence-electron chi connectivity index (χ1n) is 7.89. The Hall–Kier alpha value is -2.86. The van der Waals surface area contributed by atoms with Crippen LogP contribution >= 0.6 is 0 Å². The lowest BCUT2D eigenvalue weighted by Crippen LogP contribution is -2.17. The van der Waals surface area contributed by atoms with Crippen molar-refractivity contribution in [3.8, 4) is 5.75 Å². The number of amides is 1. The third-order valence-electron chi connectivity index (χ3n) is 3.44. The van der Waals surface area contributed by atoms with Crippen LogP contribution in [0.25, 0.3) is 10.8 Å². The largest absolute Gasteiger partial charge is 0.491 e. The van der Waals surface area contributed by atoms with E-state index in [1.807, 2.05) is 30.3 Å². The molecule has 132 valence electrons. The molecular formula is C19H21NO5. The molecule has 0 saturated carbocycles. The van der Waals surface area contributed by atoms with E-state index in [2.05, 4.69) is 11.9 Å². The topological polar surface area (TPSA) is 73.9 Å². The summed E-state index contributed by atoms with van der Waals surface area (Å²) in [5.74, 6) is 0.149. The Morgan fingerprint density at radius 3 is 2.52 bits per heavy atom. The third-order valence-corrected chi connectivity index (χ3v) is 3.44. The average molecular weight is 343 g/mol. The molecule has 0 atom stereocenters. The lowest BCUT2D eigenvalue weighted by atomic mass is 10.1. The molecule has 0 heterocycles. The molecule has 0 fully saturated rings. The van der Waals surface area contributed by atoms with Crippen molar-refractivity contribution in [3.05, 3.63) is 54.6 Å². The fourth-order valence-electron chi connectivity index (χ4n) is 2.18. The molecule has 0 aliphatic heterocycles. The van der Waals surface area contributed by atoms with Gasteiger partial charge in [0.1, 0.15) is 19.0 Å². The molecule has 2 aromatic rings. The second-order valence-corrected chi connectivity index (χ2v) is 5.14. The van der Waals surface area contributed by atoms with E-state index in [-0.39, 0.29) is 12.5 Å². The SMILES string of the molecule is C=CC(=O)OCCOCCOc1ccc2cc(C(=O)NC)ccc2c1. The van der Waals surface area contributed by atoms with Crippen LogP contribution < -0.4 is 10.1 Å². The van der Waals surface area contributed by atoms with Crippen LogP contribution in [-0.4, -0.2) is 45.4 Å². The van der Waals surface area contributed by atoms with Gasteiger partial charge in [0.15, 0.2) is 0 Å². The summed E-state index contributed by atoms with van der Waals surface area (Å²) in [6.07, 6.45) is 1.11. The third kappa shape index (κ3) is 5.61. The van der Waals surface area contributed by atoms with Gasteiger partial charge >= 0.3 is 5.97 Å². The predicted molar refractivity (Wildman–Crippen MR) is 94.8 cm³/mol. The van der Waals surface area contributed by atoms with Crippen LogP contribution in [0, 0.1) is 0 Å². The highest BCUT2D eigenvalue weighted by molar-refractivity contribution is 5.98. The Morgan fingerprint density at radius 2 is 1.76 bits per heavy atom. The van der Waals surface area contributed by atoms with Crippen molar-refractivity contribution in [2.75, 3.05) is 33.5 Å². The monoisotopic (exact) mass is 343 g/mol. The summed E-state index contributed by atoms with van der Waals surface area (Å²) in [5.41, 5.74) is 0.620. The van der Waals surface area contributed by atoms with E-state index in [4.69, 9.17) is 14.2 Å². The van der Waals surface area contributed by atoms with Gasteiger partial charge in [-0.05, 0) is 35.0 Å². The Labute approximate surface area is 146 Å². The highest BCUT2D eigenvalue weighted by Gasteiger charge is 2.05. The minimum absolute atomic E-state index is 0.113. The van der Waals surface area contributed by atoms with Gasteiger partial charge in [-0.3, -0.25) is 4.79 Å². The molecular weight excluding hydrogens is 322 g/mol. The summed E-state index contributed by atoms with van der Waals surface area (Å²) in [6.45, 7) is 4.58. The second kappa shape index (κ2) is 9.44. The molecule has 0 radical (unpaired) electrons. The van der Waals surface area contributed by atoms with Crippen LogP contribution in [0.3, 0.4) is 0 Å². The first-order chi connectivity index (χ1) is 12.1. The van der Waals surface area contributed by atoms with Gasteiger partial charge in [0.05, 0.1) is 13.2 Å². The van der Waals surface area contributed by atoms with Gasteiger partial charge in [0, 0.05) is 18.7 Å². The molecule has 0 aliphatic rings. The molecule has 6 nitrogen and oxygen atoms in total. The van der Waals surface area contributed by atoms with Crippen molar-refractivity contribution in [2.24, 2.45) is 0 Å². The molecule has 1 amide bonds. The van der Waals surface area contributed by atoms with Gasteiger partial charge < -0.3 is 19.5 Å². The van der Waals surface area contributed by atoms with Crippen LogP contribution in [0.15, 0.2) is 49.1 Å². The van der Waals surface area contributed by atoms with Crippen molar-refractivity contribution in [1.82, 2.24) is 5.32 Å². The van der Waals surface area contributed by atoms with E-state index >= 15 is 0 Å². The Kier molecular flexibility index (Phi) is 6.98. The highest BCUT2D eigenvalue weighted by Crippen LogP contribution is 2.22. The fraction of sp³-hybridized carbons (Fsp3) is 0.263. The molecule has 6 heteroatoms. The molecule has 25 heavy (non-hydrogen) atoms. The number of rotatable bonds is 9. The van der Waals surface area contributed by atoms with Gasteiger partial charge in [0.25, 0.3) is 5.91 Å². The van der Waals surface area contributed by atoms with Gasteiger partial charge in [-0.1, -0.05) is 18.7 Å². The number of carbonyl (C=O) groups is 2. The molecule has 0 unspecified atom stereocenters.